The fourth-order valence-corrected chi connectivity index (χ4v) is 4.50. The smallest absolute Gasteiger partial charge is 0.258 e. The van der Waals surface area contributed by atoms with Crippen LogP contribution in [0.1, 0.15) is 32.4 Å². The first-order valence-corrected chi connectivity index (χ1v) is 10.7. The molecule has 0 unspecified atom stereocenters. The molecule has 8 nitrogen and oxygen atoms in total. The summed E-state index contributed by atoms with van der Waals surface area (Å²) in [4.78, 5) is 24.1. The normalized spacial score (nSPS) is 21.5. The third-order valence-electron chi connectivity index (χ3n) is 6.57. The summed E-state index contributed by atoms with van der Waals surface area (Å²) in [5.74, 6) is 0. The van der Waals surface area contributed by atoms with Gasteiger partial charge in [0.15, 0.2) is 0 Å². The van der Waals surface area contributed by atoms with Crippen molar-refractivity contribution >= 4 is 22.8 Å². The van der Waals surface area contributed by atoms with Crippen LogP contribution < -0.4 is 21.1 Å². The maximum atomic E-state index is 12.8. The van der Waals surface area contributed by atoms with Gasteiger partial charge >= 0.3 is 0 Å². The summed E-state index contributed by atoms with van der Waals surface area (Å²) >= 11 is 0. The number of aliphatic imine (C=N–C) groups is 1. The summed E-state index contributed by atoms with van der Waals surface area (Å²) in [5, 5.41) is 15.0. The highest BCUT2D eigenvalue weighted by atomic mass is 16.1. The molecule has 160 valence electrons. The molecule has 2 saturated heterocycles. The van der Waals surface area contributed by atoms with Crippen molar-refractivity contribution in [3.63, 3.8) is 0 Å². The van der Waals surface area contributed by atoms with E-state index >= 15 is 0 Å². The third-order valence-corrected chi connectivity index (χ3v) is 6.57. The monoisotopic (exact) mass is 417 g/mol. The van der Waals surface area contributed by atoms with Crippen molar-refractivity contribution < 1.29 is 0 Å². The van der Waals surface area contributed by atoms with E-state index in [1.54, 1.807) is 16.7 Å². The zero-order valence-corrected chi connectivity index (χ0v) is 17.9. The predicted octanol–water partition coefficient (Wildman–Crippen LogP) is 2.06. The van der Waals surface area contributed by atoms with Crippen LogP contribution in [0.5, 0.6) is 0 Å². The molecule has 3 aliphatic rings. The fourth-order valence-electron chi connectivity index (χ4n) is 4.50. The van der Waals surface area contributed by atoms with Crippen molar-refractivity contribution in [2.45, 2.75) is 26.7 Å². The number of anilines is 1. The Morgan fingerprint density at radius 1 is 1.23 bits per heavy atom. The number of piperidine rings is 1. The number of fused-ring (bicyclic) bond motifs is 1. The maximum absolute atomic E-state index is 12.8. The summed E-state index contributed by atoms with van der Waals surface area (Å²) in [6.07, 6.45) is 7.69. The number of hydrogen-bond acceptors (Lipinski definition) is 7. The summed E-state index contributed by atoms with van der Waals surface area (Å²) < 4.78 is 1.58. The molecule has 2 aromatic heterocycles. The van der Waals surface area contributed by atoms with E-state index in [0.717, 1.165) is 49.0 Å². The molecule has 5 heterocycles. The molecule has 0 aliphatic carbocycles. The number of nitrogens with one attached hydrogen (secondary N) is 3. The van der Waals surface area contributed by atoms with Crippen LogP contribution in [0.4, 0.5) is 5.69 Å². The lowest BCUT2D eigenvalue weighted by Crippen LogP contribution is -2.58. The molecule has 1 spiro atoms. The van der Waals surface area contributed by atoms with Crippen molar-refractivity contribution in [1.82, 2.24) is 20.0 Å². The van der Waals surface area contributed by atoms with E-state index in [4.69, 9.17) is 5.41 Å². The molecule has 3 aliphatic heterocycles. The van der Waals surface area contributed by atoms with Gasteiger partial charge in [0.25, 0.3) is 5.56 Å². The Morgan fingerprint density at radius 2 is 2.00 bits per heavy atom. The van der Waals surface area contributed by atoms with Crippen LogP contribution >= 0.6 is 0 Å². The molecule has 8 heteroatoms. The van der Waals surface area contributed by atoms with Crippen molar-refractivity contribution in [1.29, 1.82) is 5.41 Å². The molecule has 0 radical (unpaired) electrons. The zero-order valence-electron chi connectivity index (χ0n) is 17.9. The average molecular weight is 418 g/mol. The SMILES string of the molecule is CC1=CN/C(=C\C(=N)c2cc(=O)n3cc(N4CCC5(CC4)CNC5)ccc3n2)C(C)=N1. The van der Waals surface area contributed by atoms with Gasteiger partial charge in [-0.25, -0.2) is 4.98 Å². The van der Waals surface area contributed by atoms with Gasteiger partial charge in [0.1, 0.15) is 5.65 Å². The molecular weight excluding hydrogens is 390 g/mol. The van der Waals surface area contributed by atoms with E-state index in [9.17, 15) is 4.79 Å². The second-order valence-corrected chi connectivity index (χ2v) is 8.78. The van der Waals surface area contributed by atoms with Gasteiger partial charge in [-0.15, -0.1) is 0 Å². The minimum absolute atomic E-state index is 0.170. The first-order chi connectivity index (χ1) is 14.9. The van der Waals surface area contributed by atoms with Gasteiger partial charge in [-0.1, -0.05) is 0 Å². The Balaban J connectivity index is 1.39. The van der Waals surface area contributed by atoms with E-state index in [0.29, 0.717) is 16.8 Å². The van der Waals surface area contributed by atoms with E-state index in [1.807, 2.05) is 32.2 Å². The van der Waals surface area contributed by atoms with E-state index in [1.165, 1.54) is 18.9 Å². The standard InChI is InChI=1S/C23H27N7O/c1-15-11-26-19(16(2)27-15)9-18(24)20-10-22(31)30-12-17(3-4-21(30)28-20)29-7-5-23(6-8-29)13-25-14-23/h3-4,9-12,24-26H,5-8,13-14H2,1-2H3/b19-9-,24-18?. The van der Waals surface area contributed by atoms with Crippen LogP contribution in [-0.2, 0) is 0 Å². The summed E-state index contributed by atoms with van der Waals surface area (Å²) in [5.41, 5.74) is 4.83. The molecule has 2 fully saturated rings. The Hall–Kier alpha value is -3.26. The van der Waals surface area contributed by atoms with Crippen molar-refractivity contribution in [2.75, 3.05) is 31.1 Å². The fraction of sp³-hybridized carbons (Fsp3) is 0.391. The van der Waals surface area contributed by atoms with Crippen molar-refractivity contribution in [3.8, 4) is 0 Å². The Morgan fingerprint density at radius 3 is 2.68 bits per heavy atom. The number of allylic oxidation sites excluding steroid dienone is 3. The Kier molecular flexibility index (Phi) is 4.74. The van der Waals surface area contributed by atoms with E-state index in [2.05, 4.69) is 25.5 Å². The largest absolute Gasteiger partial charge is 0.370 e. The summed E-state index contributed by atoms with van der Waals surface area (Å²) in [7, 11) is 0. The summed E-state index contributed by atoms with van der Waals surface area (Å²) in [6, 6.07) is 5.32. The van der Waals surface area contributed by atoms with E-state index in [-0.39, 0.29) is 11.3 Å². The molecule has 5 rings (SSSR count). The lowest BCUT2D eigenvalue weighted by atomic mass is 9.73. The third kappa shape index (κ3) is 3.67. The van der Waals surface area contributed by atoms with Crippen LogP contribution in [0.2, 0.25) is 0 Å². The number of nitrogens with zero attached hydrogens (tertiary/aromatic N) is 4. The molecular formula is C23H27N7O. The molecule has 0 atom stereocenters. The van der Waals surface area contributed by atoms with Crippen molar-refractivity contribution in [2.24, 2.45) is 10.4 Å². The topological polar surface area (TPSA) is 97.9 Å². The van der Waals surface area contributed by atoms with Crippen LogP contribution in [0.3, 0.4) is 0 Å². The highest BCUT2D eigenvalue weighted by molar-refractivity contribution is 6.11. The quantitative estimate of drug-likeness (QED) is 0.664. The number of rotatable bonds is 3. The number of hydrogen-bond donors (Lipinski definition) is 3. The van der Waals surface area contributed by atoms with Gasteiger partial charge in [-0.2, -0.15) is 0 Å². The lowest BCUT2D eigenvalue weighted by molar-refractivity contribution is 0.126. The van der Waals surface area contributed by atoms with Gasteiger partial charge in [-0.3, -0.25) is 19.6 Å². The maximum Gasteiger partial charge on any atom is 0.258 e. The molecule has 0 bridgehead atoms. The Labute approximate surface area is 180 Å². The van der Waals surface area contributed by atoms with Crippen LogP contribution in [-0.4, -0.2) is 47.0 Å². The van der Waals surface area contributed by atoms with Gasteiger partial charge in [0.05, 0.1) is 34.2 Å². The van der Waals surface area contributed by atoms with Gasteiger partial charge in [-0.05, 0) is 50.3 Å². The minimum Gasteiger partial charge on any atom is -0.370 e. The van der Waals surface area contributed by atoms with Crippen LogP contribution in [0, 0.1) is 10.8 Å². The second-order valence-electron chi connectivity index (χ2n) is 8.78. The van der Waals surface area contributed by atoms with Gasteiger partial charge < -0.3 is 15.5 Å². The molecule has 2 aromatic rings. The molecule has 0 amide bonds. The minimum atomic E-state index is -0.181. The average Bonchev–Trinajstić information content (AvgIpc) is 2.74. The van der Waals surface area contributed by atoms with Crippen LogP contribution in [0.15, 0.2) is 57.9 Å². The Bertz CT molecular complexity index is 1210. The number of pyridine rings is 1. The van der Waals surface area contributed by atoms with E-state index < -0.39 is 0 Å². The summed E-state index contributed by atoms with van der Waals surface area (Å²) in [6.45, 7) is 8.07. The van der Waals surface area contributed by atoms with Crippen LogP contribution in [0.25, 0.3) is 5.65 Å². The zero-order chi connectivity index (χ0) is 21.6. The molecule has 31 heavy (non-hydrogen) atoms. The molecule has 0 saturated carbocycles. The molecule has 0 aromatic carbocycles. The predicted molar refractivity (Wildman–Crippen MR) is 123 cm³/mol. The first-order valence-electron chi connectivity index (χ1n) is 10.7. The van der Waals surface area contributed by atoms with Crippen molar-refractivity contribution in [3.05, 3.63) is 64.1 Å². The highest BCUT2D eigenvalue weighted by Gasteiger charge is 2.39. The number of aromatic nitrogens is 2. The first kappa shape index (κ1) is 19.7. The highest BCUT2D eigenvalue weighted by Crippen LogP contribution is 2.36. The molecule has 3 N–H and O–H groups in total. The van der Waals surface area contributed by atoms with Gasteiger partial charge in [0, 0.05) is 44.6 Å². The lowest BCUT2D eigenvalue weighted by Gasteiger charge is -2.48. The van der Waals surface area contributed by atoms with Gasteiger partial charge in [0.2, 0.25) is 0 Å². The second kappa shape index (κ2) is 7.46.